The maximum atomic E-state index is 12.4. The Morgan fingerprint density at radius 3 is 2.09 bits per heavy atom. The highest BCUT2D eigenvalue weighted by Crippen LogP contribution is 2.11. The van der Waals surface area contributed by atoms with E-state index in [0.717, 1.165) is 5.56 Å². The normalized spacial score (nSPS) is 15.0. The molecule has 122 valence electrons. The van der Waals surface area contributed by atoms with Gasteiger partial charge in [0, 0.05) is 65.1 Å². The Balaban J connectivity index is 1.53. The number of rotatable bonds is 3. The number of piperazine rings is 1. The van der Waals surface area contributed by atoms with Gasteiger partial charge in [-0.2, -0.15) is 0 Å². The number of hydrogen-bond acceptors (Lipinski definition) is 2. The second-order valence-electron chi connectivity index (χ2n) is 6.10. The first-order valence-corrected chi connectivity index (χ1v) is 7.83. The third kappa shape index (κ3) is 3.47. The van der Waals surface area contributed by atoms with Gasteiger partial charge in [0.2, 0.25) is 5.91 Å². The molecular formula is C17H22N4O2. The molecule has 0 aromatic carbocycles. The molecule has 0 saturated carbocycles. The summed E-state index contributed by atoms with van der Waals surface area (Å²) >= 11 is 0. The van der Waals surface area contributed by atoms with Crippen molar-refractivity contribution in [2.75, 3.05) is 26.2 Å². The molecule has 1 aliphatic heterocycles. The first kappa shape index (κ1) is 15.4. The minimum atomic E-state index is 0.0424. The van der Waals surface area contributed by atoms with E-state index in [9.17, 15) is 9.59 Å². The zero-order chi connectivity index (χ0) is 16.4. The summed E-state index contributed by atoms with van der Waals surface area (Å²) in [5.74, 6) is 0.170. The van der Waals surface area contributed by atoms with Crippen LogP contribution in [0.3, 0.4) is 0 Å². The third-order valence-electron chi connectivity index (χ3n) is 4.25. The summed E-state index contributed by atoms with van der Waals surface area (Å²) < 4.78 is 3.81. The molecule has 0 radical (unpaired) electrons. The minimum Gasteiger partial charge on any atom is -0.357 e. The zero-order valence-electron chi connectivity index (χ0n) is 13.6. The van der Waals surface area contributed by atoms with Crippen molar-refractivity contribution in [1.29, 1.82) is 0 Å². The molecule has 0 aliphatic carbocycles. The predicted molar refractivity (Wildman–Crippen MR) is 87.0 cm³/mol. The van der Waals surface area contributed by atoms with Gasteiger partial charge in [0.15, 0.2) is 0 Å². The van der Waals surface area contributed by atoms with Gasteiger partial charge in [0.05, 0.1) is 12.0 Å². The molecule has 2 amide bonds. The van der Waals surface area contributed by atoms with Crippen LogP contribution >= 0.6 is 0 Å². The molecule has 6 nitrogen and oxygen atoms in total. The van der Waals surface area contributed by atoms with Gasteiger partial charge in [0.1, 0.15) is 0 Å². The number of hydrogen-bond donors (Lipinski definition) is 0. The van der Waals surface area contributed by atoms with E-state index in [4.69, 9.17) is 0 Å². The van der Waals surface area contributed by atoms with Crippen LogP contribution in [0.1, 0.15) is 15.9 Å². The number of carbonyl (C=O) groups excluding carboxylic acids is 2. The Morgan fingerprint density at radius 2 is 1.52 bits per heavy atom. The maximum Gasteiger partial charge on any atom is 0.255 e. The molecule has 3 rings (SSSR count). The molecule has 2 aromatic heterocycles. The average Bonchev–Trinajstić information content (AvgIpc) is 3.15. The molecule has 0 atom stereocenters. The van der Waals surface area contributed by atoms with Crippen molar-refractivity contribution >= 4 is 11.8 Å². The monoisotopic (exact) mass is 314 g/mol. The highest BCUT2D eigenvalue weighted by atomic mass is 16.2. The summed E-state index contributed by atoms with van der Waals surface area (Å²) in [5, 5.41) is 0. The average molecular weight is 314 g/mol. The van der Waals surface area contributed by atoms with Crippen molar-refractivity contribution in [1.82, 2.24) is 18.9 Å². The quantitative estimate of drug-likeness (QED) is 0.845. The fraction of sp³-hybridized carbons (Fsp3) is 0.412. The molecule has 1 fully saturated rings. The summed E-state index contributed by atoms with van der Waals surface area (Å²) in [5.41, 5.74) is 1.73. The van der Waals surface area contributed by atoms with Gasteiger partial charge in [-0.3, -0.25) is 9.59 Å². The second kappa shape index (κ2) is 6.32. The number of amides is 2. The van der Waals surface area contributed by atoms with E-state index in [0.29, 0.717) is 38.2 Å². The number of nitrogens with zero attached hydrogens (tertiary/aromatic N) is 4. The van der Waals surface area contributed by atoms with Gasteiger partial charge in [-0.25, -0.2) is 0 Å². The first-order valence-electron chi connectivity index (χ1n) is 7.83. The predicted octanol–water partition coefficient (Wildman–Crippen LogP) is 0.891. The summed E-state index contributed by atoms with van der Waals surface area (Å²) in [6.45, 7) is 2.39. The van der Waals surface area contributed by atoms with Gasteiger partial charge < -0.3 is 18.9 Å². The van der Waals surface area contributed by atoms with Crippen molar-refractivity contribution in [2.24, 2.45) is 14.1 Å². The molecular weight excluding hydrogens is 292 g/mol. The topological polar surface area (TPSA) is 50.5 Å². The fourth-order valence-corrected chi connectivity index (χ4v) is 2.92. The minimum absolute atomic E-state index is 0.0424. The van der Waals surface area contributed by atoms with Gasteiger partial charge in [-0.05, 0) is 17.7 Å². The molecule has 0 N–H and O–H groups in total. The SMILES string of the molecule is Cn1ccc(CC(=O)N2CCN(C(=O)c3ccn(C)c3)CC2)c1. The van der Waals surface area contributed by atoms with Crippen LogP contribution in [0.2, 0.25) is 0 Å². The third-order valence-corrected chi connectivity index (χ3v) is 4.25. The van der Waals surface area contributed by atoms with Crippen LogP contribution in [-0.2, 0) is 25.3 Å². The molecule has 1 aliphatic rings. The fourth-order valence-electron chi connectivity index (χ4n) is 2.92. The van der Waals surface area contributed by atoms with Crippen LogP contribution in [0.5, 0.6) is 0 Å². The molecule has 0 unspecified atom stereocenters. The van der Waals surface area contributed by atoms with Gasteiger partial charge >= 0.3 is 0 Å². The first-order chi connectivity index (χ1) is 11.0. The van der Waals surface area contributed by atoms with Crippen molar-refractivity contribution < 1.29 is 9.59 Å². The number of carbonyl (C=O) groups is 2. The summed E-state index contributed by atoms with van der Waals surface area (Å²) in [7, 11) is 3.85. The van der Waals surface area contributed by atoms with E-state index < -0.39 is 0 Å². The lowest BCUT2D eigenvalue weighted by Gasteiger charge is -2.34. The molecule has 3 heterocycles. The zero-order valence-corrected chi connectivity index (χ0v) is 13.6. The van der Waals surface area contributed by atoms with Crippen LogP contribution in [0.4, 0.5) is 0 Å². The standard InChI is InChI=1S/C17H22N4O2/c1-18-5-3-14(12-18)11-16(22)20-7-9-21(10-8-20)17(23)15-4-6-19(2)13-15/h3-6,12-13H,7-11H2,1-2H3. The molecule has 23 heavy (non-hydrogen) atoms. The Bertz CT molecular complexity index is 708. The van der Waals surface area contributed by atoms with Gasteiger partial charge in [0.25, 0.3) is 5.91 Å². The van der Waals surface area contributed by atoms with Gasteiger partial charge in [-0.15, -0.1) is 0 Å². The Hall–Kier alpha value is -2.50. The highest BCUT2D eigenvalue weighted by molar-refractivity contribution is 5.94. The Morgan fingerprint density at radius 1 is 0.913 bits per heavy atom. The highest BCUT2D eigenvalue weighted by Gasteiger charge is 2.25. The number of aryl methyl sites for hydroxylation is 2. The summed E-state index contributed by atoms with van der Waals surface area (Å²) in [4.78, 5) is 28.4. The number of aromatic nitrogens is 2. The van der Waals surface area contributed by atoms with Crippen molar-refractivity contribution in [3.8, 4) is 0 Å². The van der Waals surface area contributed by atoms with E-state index in [-0.39, 0.29) is 11.8 Å². The molecule has 1 saturated heterocycles. The molecule has 2 aromatic rings. The molecule has 0 spiro atoms. The van der Waals surface area contributed by atoms with Crippen molar-refractivity contribution in [3.05, 3.63) is 48.0 Å². The van der Waals surface area contributed by atoms with Gasteiger partial charge in [-0.1, -0.05) is 0 Å². The lowest BCUT2D eigenvalue weighted by Crippen LogP contribution is -2.50. The van der Waals surface area contributed by atoms with E-state index in [2.05, 4.69) is 0 Å². The van der Waals surface area contributed by atoms with Crippen molar-refractivity contribution in [2.45, 2.75) is 6.42 Å². The lowest BCUT2D eigenvalue weighted by atomic mass is 10.2. The van der Waals surface area contributed by atoms with Crippen LogP contribution < -0.4 is 0 Å². The van der Waals surface area contributed by atoms with Crippen LogP contribution in [0.25, 0.3) is 0 Å². The molecule has 6 heteroatoms. The van der Waals surface area contributed by atoms with E-state index >= 15 is 0 Å². The maximum absolute atomic E-state index is 12.4. The van der Waals surface area contributed by atoms with Crippen LogP contribution in [0.15, 0.2) is 36.9 Å². The Kier molecular flexibility index (Phi) is 4.23. The smallest absolute Gasteiger partial charge is 0.255 e. The second-order valence-corrected chi connectivity index (χ2v) is 6.10. The van der Waals surface area contributed by atoms with E-state index in [1.54, 1.807) is 0 Å². The van der Waals surface area contributed by atoms with Crippen molar-refractivity contribution in [3.63, 3.8) is 0 Å². The summed E-state index contributed by atoms with van der Waals surface area (Å²) in [6.07, 6.45) is 8.03. The summed E-state index contributed by atoms with van der Waals surface area (Å²) in [6, 6.07) is 3.79. The van der Waals surface area contributed by atoms with E-state index in [1.807, 2.05) is 69.9 Å². The molecule has 0 bridgehead atoms. The largest absolute Gasteiger partial charge is 0.357 e. The Labute approximate surface area is 135 Å². The van der Waals surface area contributed by atoms with Crippen LogP contribution in [0, 0.1) is 0 Å². The van der Waals surface area contributed by atoms with Crippen LogP contribution in [-0.4, -0.2) is 56.9 Å². The lowest BCUT2D eigenvalue weighted by molar-refractivity contribution is -0.131. The van der Waals surface area contributed by atoms with E-state index in [1.165, 1.54) is 0 Å².